The SMILES string of the molecule is CC(C)(C)c1ccc(C=C2SC(=O)N(CC(=O)N3CCCCCC3)C2=O)cc1. The number of amides is 3. The van der Waals surface area contributed by atoms with Crippen LogP contribution in [0.4, 0.5) is 4.79 Å². The van der Waals surface area contributed by atoms with Crippen LogP contribution in [0.3, 0.4) is 0 Å². The molecule has 0 atom stereocenters. The molecule has 3 amide bonds. The number of imide groups is 1. The van der Waals surface area contributed by atoms with Gasteiger partial charge < -0.3 is 4.90 Å². The van der Waals surface area contributed by atoms with Crippen LogP contribution in [0.1, 0.15) is 57.6 Å². The molecule has 0 spiro atoms. The van der Waals surface area contributed by atoms with Gasteiger partial charge in [-0.2, -0.15) is 0 Å². The van der Waals surface area contributed by atoms with Crippen LogP contribution in [0, 0.1) is 0 Å². The van der Waals surface area contributed by atoms with Crippen molar-refractivity contribution in [2.45, 2.75) is 51.9 Å². The van der Waals surface area contributed by atoms with E-state index in [1.165, 1.54) is 5.56 Å². The zero-order valence-electron chi connectivity index (χ0n) is 16.9. The molecule has 28 heavy (non-hydrogen) atoms. The second-order valence-electron chi connectivity index (χ2n) is 8.43. The first-order valence-electron chi connectivity index (χ1n) is 9.89. The van der Waals surface area contributed by atoms with Crippen LogP contribution >= 0.6 is 11.8 Å². The Morgan fingerprint density at radius 2 is 1.64 bits per heavy atom. The Kier molecular flexibility index (Phi) is 6.28. The van der Waals surface area contributed by atoms with E-state index in [0.29, 0.717) is 18.0 Å². The van der Waals surface area contributed by atoms with Gasteiger partial charge in [0.15, 0.2) is 0 Å². The molecule has 0 radical (unpaired) electrons. The summed E-state index contributed by atoms with van der Waals surface area (Å²) in [5.41, 5.74) is 2.14. The van der Waals surface area contributed by atoms with E-state index >= 15 is 0 Å². The molecule has 1 aromatic carbocycles. The fourth-order valence-corrected chi connectivity index (χ4v) is 4.26. The molecule has 3 rings (SSSR count). The molecule has 0 aromatic heterocycles. The normalized spacial score (nSPS) is 20.0. The molecule has 2 saturated heterocycles. The highest BCUT2D eigenvalue weighted by Crippen LogP contribution is 2.32. The average molecular weight is 401 g/mol. The fourth-order valence-electron chi connectivity index (χ4n) is 3.42. The van der Waals surface area contributed by atoms with Gasteiger partial charge in [-0.15, -0.1) is 0 Å². The summed E-state index contributed by atoms with van der Waals surface area (Å²) in [6.45, 7) is 7.71. The van der Waals surface area contributed by atoms with E-state index in [-0.39, 0.29) is 29.0 Å². The predicted molar refractivity (Wildman–Crippen MR) is 113 cm³/mol. The number of nitrogens with zero attached hydrogens (tertiary/aromatic N) is 2. The van der Waals surface area contributed by atoms with Crippen molar-refractivity contribution in [3.8, 4) is 0 Å². The van der Waals surface area contributed by atoms with Gasteiger partial charge in [-0.25, -0.2) is 0 Å². The first-order chi connectivity index (χ1) is 13.3. The van der Waals surface area contributed by atoms with E-state index in [4.69, 9.17) is 0 Å². The number of thioether (sulfide) groups is 1. The zero-order chi connectivity index (χ0) is 20.3. The lowest BCUT2D eigenvalue weighted by molar-refractivity contribution is -0.135. The van der Waals surface area contributed by atoms with Crippen LogP contribution < -0.4 is 0 Å². The van der Waals surface area contributed by atoms with Crippen molar-refractivity contribution < 1.29 is 14.4 Å². The molecule has 0 bridgehead atoms. The number of carbonyl (C=O) groups excluding carboxylic acids is 3. The predicted octanol–water partition coefficient (Wildman–Crippen LogP) is 4.42. The maximum Gasteiger partial charge on any atom is 0.294 e. The summed E-state index contributed by atoms with van der Waals surface area (Å²) in [6, 6.07) is 7.99. The molecule has 5 nitrogen and oxygen atoms in total. The molecule has 0 N–H and O–H groups in total. The monoisotopic (exact) mass is 400 g/mol. The Balaban J connectivity index is 1.69. The van der Waals surface area contributed by atoms with Crippen molar-refractivity contribution >= 4 is 34.9 Å². The van der Waals surface area contributed by atoms with Gasteiger partial charge in [0, 0.05) is 13.1 Å². The van der Waals surface area contributed by atoms with Crippen LogP contribution in [0.15, 0.2) is 29.2 Å². The Bertz CT molecular complexity index is 785. The number of hydrogen-bond donors (Lipinski definition) is 0. The minimum atomic E-state index is -0.377. The van der Waals surface area contributed by atoms with Crippen molar-refractivity contribution in [3.05, 3.63) is 40.3 Å². The lowest BCUT2D eigenvalue weighted by Gasteiger charge is -2.22. The van der Waals surface area contributed by atoms with E-state index in [2.05, 4.69) is 20.8 Å². The summed E-state index contributed by atoms with van der Waals surface area (Å²) in [4.78, 5) is 40.8. The quantitative estimate of drug-likeness (QED) is 0.705. The van der Waals surface area contributed by atoms with E-state index in [9.17, 15) is 14.4 Å². The lowest BCUT2D eigenvalue weighted by Crippen LogP contribution is -2.42. The summed E-state index contributed by atoms with van der Waals surface area (Å²) >= 11 is 0.907. The second-order valence-corrected chi connectivity index (χ2v) is 9.43. The summed E-state index contributed by atoms with van der Waals surface area (Å²) in [7, 11) is 0. The van der Waals surface area contributed by atoms with Crippen LogP contribution in [0.5, 0.6) is 0 Å². The second kappa shape index (κ2) is 8.52. The number of hydrogen-bond acceptors (Lipinski definition) is 4. The maximum absolute atomic E-state index is 12.7. The van der Waals surface area contributed by atoms with Gasteiger partial charge >= 0.3 is 0 Å². The Morgan fingerprint density at radius 1 is 1.04 bits per heavy atom. The van der Waals surface area contributed by atoms with E-state index in [0.717, 1.165) is 47.9 Å². The number of rotatable bonds is 3. The van der Waals surface area contributed by atoms with Gasteiger partial charge in [0.1, 0.15) is 6.54 Å². The molecule has 0 saturated carbocycles. The number of carbonyl (C=O) groups is 3. The van der Waals surface area contributed by atoms with Crippen LogP contribution in [-0.2, 0) is 15.0 Å². The molecule has 2 heterocycles. The summed E-state index contributed by atoms with van der Waals surface area (Å²) in [5.74, 6) is -0.516. The Morgan fingerprint density at radius 3 is 2.21 bits per heavy atom. The molecular weight excluding hydrogens is 372 g/mol. The van der Waals surface area contributed by atoms with Gasteiger partial charge in [-0.3, -0.25) is 19.3 Å². The third-order valence-electron chi connectivity index (χ3n) is 5.20. The summed E-state index contributed by atoms with van der Waals surface area (Å²) in [5, 5.41) is -0.370. The van der Waals surface area contributed by atoms with Crippen molar-refractivity contribution in [2.24, 2.45) is 0 Å². The van der Waals surface area contributed by atoms with Gasteiger partial charge in [0.2, 0.25) is 5.91 Å². The van der Waals surface area contributed by atoms with Crippen LogP contribution in [0.25, 0.3) is 6.08 Å². The number of benzene rings is 1. The van der Waals surface area contributed by atoms with Gasteiger partial charge in [0.25, 0.3) is 11.1 Å². The van der Waals surface area contributed by atoms with Crippen molar-refractivity contribution in [3.63, 3.8) is 0 Å². The van der Waals surface area contributed by atoms with E-state index in [1.54, 1.807) is 11.0 Å². The molecule has 150 valence electrons. The zero-order valence-corrected chi connectivity index (χ0v) is 17.7. The smallest absolute Gasteiger partial charge is 0.294 e. The number of likely N-dealkylation sites (tertiary alicyclic amines) is 1. The minimum Gasteiger partial charge on any atom is -0.341 e. The summed E-state index contributed by atoms with van der Waals surface area (Å²) in [6.07, 6.45) is 5.95. The van der Waals surface area contributed by atoms with Crippen LogP contribution in [0.2, 0.25) is 0 Å². The Hall–Kier alpha value is -2.08. The van der Waals surface area contributed by atoms with Crippen molar-refractivity contribution in [1.29, 1.82) is 0 Å². The third kappa shape index (κ3) is 4.85. The Labute approximate surface area is 171 Å². The van der Waals surface area contributed by atoms with Gasteiger partial charge in [0.05, 0.1) is 4.91 Å². The molecule has 1 aromatic rings. The largest absolute Gasteiger partial charge is 0.341 e. The fraction of sp³-hybridized carbons (Fsp3) is 0.500. The maximum atomic E-state index is 12.7. The lowest BCUT2D eigenvalue weighted by atomic mass is 9.87. The van der Waals surface area contributed by atoms with Crippen molar-refractivity contribution in [1.82, 2.24) is 9.80 Å². The third-order valence-corrected chi connectivity index (χ3v) is 6.11. The first-order valence-corrected chi connectivity index (χ1v) is 10.7. The van der Waals surface area contributed by atoms with Crippen molar-refractivity contribution in [2.75, 3.05) is 19.6 Å². The summed E-state index contributed by atoms with van der Waals surface area (Å²) < 4.78 is 0. The van der Waals surface area contributed by atoms with Gasteiger partial charge in [-0.1, -0.05) is 57.9 Å². The molecule has 2 fully saturated rings. The average Bonchev–Trinajstić information content (AvgIpc) is 2.86. The van der Waals surface area contributed by atoms with Gasteiger partial charge in [-0.05, 0) is 47.2 Å². The molecule has 0 unspecified atom stereocenters. The minimum absolute atomic E-state index is 0.0596. The molecular formula is C22H28N2O3S. The highest BCUT2D eigenvalue weighted by molar-refractivity contribution is 8.18. The first kappa shape index (κ1) is 20.6. The van der Waals surface area contributed by atoms with Crippen LogP contribution in [-0.4, -0.2) is 46.5 Å². The standard InChI is InChI=1S/C22H28N2O3S/c1-22(2,3)17-10-8-16(9-11-17)14-18-20(26)24(21(27)28-18)15-19(25)23-12-6-4-5-7-13-23/h8-11,14H,4-7,12-13,15H2,1-3H3. The molecule has 2 aliphatic heterocycles. The van der Waals surface area contributed by atoms with E-state index < -0.39 is 0 Å². The highest BCUT2D eigenvalue weighted by atomic mass is 32.2. The topological polar surface area (TPSA) is 57.7 Å². The molecule has 6 heteroatoms. The molecule has 0 aliphatic carbocycles. The van der Waals surface area contributed by atoms with E-state index in [1.807, 2.05) is 24.3 Å². The molecule has 2 aliphatic rings. The highest BCUT2D eigenvalue weighted by Gasteiger charge is 2.37.